The lowest BCUT2D eigenvalue weighted by Crippen LogP contribution is -2.30. The molecule has 0 unspecified atom stereocenters. The van der Waals surface area contributed by atoms with Gasteiger partial charge in [0.25, 0.3) is 11.5 Å². The van der Waals surface area contributed by atoms with E-state index >= 15 is 4.39 Å². The lowest BCUT2D eigenvalue weighted by Gasteiger charge is -2.14. The van der Waals surface area contributed by atoms with Crippen molar-refractivity contribution in [2.75, 3.05) is 5.32 Å². The summed E-state index contributed by atoms with van der Waals surface area (Å²) in [5, 5.41) is 14.4. The summed E-state index contributed by atoms with van der Waals surface area (Å²) in [6.07, 6.45) is 5.54. The summed E-state index contributed by atoms with van der Waals surface area (Å²) in [6.45, 7) is 1.87. The van der Waals surface area contributed by atoms with E-state index in [0.29, 0.717) is 29.1 Å². The first-order valence-electron chi connectivity index (χ1n) is 13.1. The largest absolute Gasteiger partial charge is 0.454 e. The first-order chi connectivity index (χ1) is 20.3. The van der Waals surface area contributed by atoms with Crippen LogP contribution in [0.25, 0.3) is 27.7 Å². The van der Waals surface area contributed by atoms with Gasteiger partial charge in [0.05, 0.1) is 17.9 Å². The van der Waals surface area contributed by atoms with E-state index in [4.69, 9.17) is 4.74 Å². The first kappa shape index (κ1) is 26.6. The van der Waals surface area contributed by atoms with Crippen LogP contribution in [0.2, 0.25) is 0 Å². The van der Waals surface area contributed by atoms with Gasteiger partial charge in [-0.3, -0.25) is 23.9 Å². The minimum absolute atomic E-state index is 0.0630. The van der Waals surface area contributed by atoms with Crippen LogP contribution >= 0.6 is 0 Å². The van der Waals surface area contributed by atoms with Gasteiger partial charge in [-0.2, -0.15) is 10.2 Å². The highest BCUT2D eigenvalue weighted by Crippen LogP contribution is 2.37. The Labute approximate surface area is 238 Å². The first-order valence-corrected chi connectivity index (χ1v) is 13.1. The minimum atomic E-state index is -0.720. The van der Waals surface area contributed by atoms with Gasteiger partial charge in [0.1, 0.15) is 17.1 Å². The van der Waals surface area contributed by atoms with E-state index in [1.54, 1.807) is 35.4 Å². The maximum absolute atomic E-state index is 15.3. The highest BCUT2D eigenvalue weighted by Gasteiger charge is 2.18. The monoisotopic (exact) mass is 566 g/mol. The number of H-pyrrole nitrogens is 1. The van der Waals surface area contributed by atoms with Crippen LogP contribution in [0.1, 0.15) is 23.0 Å². The van der Waals surface area contributed by atoms with Crippen molar-refractivity contribution in [2.45, 2.75) is 13.3 Å². The van der Waals surface area contributed by atoms with Crippen LogP contribution < -0.4 is 15.6 Å². The fourth-order valence-electron chi connectivity index (χ4n) is 4.76. The minimum Gasteiger partial charge on any atom is -0.454 e. The number of aromatic nitrogens is 5. The van der Waals surface area contributed by atoms with Gasteiger partial charge in [-0.1, -0.05) is 6.92 Å². The molecule has 9 nitrogen and oxygen atoms in total. The van der Waals surface area contributed by atoms with Gasteiger partial charge in [0, 0.05) is 52.9 Å². The molecule has 0 aliphatic heterocycles. The molecule has 6 rings (SSSR count). The predicted molar refractivity (Wildman–Crippen MR) is 154 cm³/mol. The maximum Gasteiger partial charge on any atom is 0.268 e. The quantitative estimate of drug-likeness (QED) is 0.247. The third kappa shape index (κ3) is 4.92. The molecule has 0 bridgehead atoms. The highest BCUT2D eigenvalue weighted by atomic mass is 19.1. The van der Waals surface area contributed by atoms with Crippen molar-refractivity contribution in [3.8, 4) is 28.3 Å². The smallest absolute Gasteiger partial charge is 0.268 e. The van der Waals surface area contributed by atoms with Crippen molar-refractivity contribution >= 4 is 22.5 Å². The number of ether oxygens (including phenoxy) is 1. The summed E-state index contributed by atoms with van der Waals surface area (Å²) in [6, 6.07) is 16.2. The topological polar surface area (TPSA) is 107 Å². The molecule has 0 aliphatic carbocycles. The Morgan fingerprint density at radius 1 is 1.00 bits per heavy atom. The Morgan fingerprint density at radius 3 is 2.52 bits per heavy atom. The number of aryl methyl sites for hydroxylation is 2. The van der Waals surface area contributed by atoms with Gasteiger partial charge in [0.2, 0.25) is 0 Å². The summed E-state index contributed by atoms with van der Waals surface area (Å²) < 4.78 is 37.8. The lowest BCUT2D eigenvalue weighted by atomic mass is 10.1. The number of pyridine rings is 1. The SMILES string of the molecule is CCc1ccc(C(=O)Nc2ccc(Oc3cc4cnn(C)c4cc3-c3cn[nH]c3)c(F)c2)c(=O)n1-c1ccc(F)cc1. The Balaban J connectivity index is 1.28. The standard InChI is InChI=1S/C31H24F2N6O3/c1-3-22-9-10-24(31(41)39(22)23-7-4-20(32)5-8-23)30(40)37-21-6-11-28(26(33)13-21)42-29-12-18-17-36-38(2)27(18)14-25(29)19-15-34-35-16-19/h4-17H,3H2,1-2H3,(H,34,35)(H,37,40). The second kappa shape index (κ2) is 10.8. The van der Waals surface area contributed by atoms with Crippen molar-refractivity contribution in [2.24, 2.45) is 7.05 Å². The van der Waals surface area contributed by atoms with Crippen molar-refractivity contribution in [3.63, 3.8) is 0 Å². The number of hydrogen-bond donors (Lipinski definition) is 2. The molecule has 3 heterocycles. The Kier molecular flexibility index (Phi) is 6.83. The van der Waals surface area contributed by atoms with Gasteiger partial charge in [-0.15, -0.1) is 0 Å². The van der Waals surface area contributed by atoms with E-state index in [2.05, 4.69) is 20.6 Å². The number of benzene rings is 3. The highest BCUT2D eigenvalue weighted by molar-refractivity contribution is 6.04. The van der Waals surface area contributed by atoms with E-state index in [9.17, 15) is 14.0 Å². The average molecular weight is 567 g/mol. The number of fused-ring (bicyclic) bond motifs is 1. The van der Waals surface area contributed by atoms with E-state index < -0.39 is 23.1 Å². The Bertz CT molecular complexity index is 2000. The fourth-order valence-corrected chi connectivity index (χ4v) is 4.76. The Hall–Kier alpha value is -5.58. The second-order valence-electron chi connectivity index (χ2n) is 9.57. The molecule has 0 fully saturated rings. The van der Waals surface area contributed by atoms with E-state index in [1.165, 1.54) is 47.0 Å². The zero-order valence-electron chi connectivity index (χ0n) is 22.6. The zero-order chi connectivity index (χ0) is 29.4. The third-order valence-corrected chi connectivity index (χ3v) is 6.92. The molecule has 0 aliphatic rings. The van der Waals surface area contributed by atoms with Gasteiger partial charge >= 0.3 is 0 Å². The summed E-state index contributed by atoms with van der Waals surface area (Å²) in [4.78, 5) is 26.4. The molecule has 11 heteroatoms. The zero-order valence-corrected chi connectivity index (χ0v) is 22.6. The molecular weight excluding hydrogens is 542 g/mol. The van der Waals surface area contributed by atoms with Crippen molar-refractivity contribution in [1.82, 2.24) is 24.5 Å². The summed E-state index contributed by atoms with van der Waals surface area (Å²) in [5.74, 6) is -1.54. The number of nitrogens with zero attached hydrogens (tertiary/aromatic N) is 4. The fraction of sp³-hybridized carbons (Fsp3) is 0.0968. The number of rotatable bonds is 7. The molecular formula is C31H24F2N6O3. The maximum atomic E-state index is 15.3. The molecule has 2 N–H and O–H groups in total. The second-order valence-corrected chi connectivity index (χ2v) is 9.57. The van der Waals surface area contributed by atoms with Crippen molar-refractivity contribution in [1.29, 1.82) is 0 Å². The van der Waals surface area contributed by atoms with Crippen LogP contribution in [0.5, 0.6) is 11.5 Å². The van der Waals surface area contributed by atoms with Crippen LogP contribution in [0.4, 0.5) is 14.5 Å². The van der Waals surface area contributed by atoms with Crippen molar-refractivity contribution < 1.29 is 18.3 Å². The number of halogens is 2. The summed E-state index contributed by atoms with van der Waals surface area (Å²) in [5.41, 5.74) is 2.79. The summed E-state index contributed by atoms with van der Waals surface area (Å²) >= 11 is 0. The molecule has 0 spiro atoms. The molecule has 210 valence electrons. The molecule has 0 saturated carbocycles. The molecule has 0 saturated heterocycles. The van der Waals surface area contributed by atoms with Gasteiger partial charge in [-0.05, 0) is 67.1 Å². The van der Waals surface area contributed by atoms with Crippen LogP contribution in [-0.4, -0.2) is 30.5 Å². The molecule has 3 aromatic heterocycles. The predicted octanol–water partition coefficient (Wildman–Crippen LogP) is 6.00. The Morgan fingerprint density at radius 2 is 1.81 bits per heavy atom. The number of amides is 1. The molecule has 0 atom stereocenters. The van der Waals surface area contributed by atoms with E-state index in [-0.39, 0.29) is 17.0 Å². The molecule has 3 aromatic carbocycles. The van der Waals surface area contributed by atoms with Crippen LogP contribution in [0.3, 0.4) is 0 Å². The number of carbonyl (C=O) groups excluding carboxylic acids is 1. The number of carbonyl (C=O) groups is 1. The van der Waals surface area contributed by atoms with Gasteiger partial charge in [-0.25, -0.2) is 8.78 Å². The lowest BCUT2D eigenvalue weighted by molar-refractivity contribution is 0.102. The number of nitrogens with one attached hydrogen (secondary N) is 2. The number of hydrogen-bond acceptors (Lipinski definition) is 5. The molecule has 1 amide bonds. The average Bonchev–Trinajstić information content (AvgIpc) is 3.64. The molecule has 0 radical (unpaired) electrons. The molecule has 42 heavy (non-hydrogen) atoms. The van der Waals surface area contributed by atoms with Gasteiger partial charge < -0.3 is 10.1 Å². The third-order valence-electron chi connectivity index (χ3n) is 6.92. The van der Waals surface area contributed by atoms with Crippen LogP contribution in [0, 0.1) is 11.6 Å². The normalized spacial score (nSPS) is 11.1. The molecule has 6 aromatic rings. The summed E-state index contributed by atoms with van der Waals surface area (Å²) in [7, 11) is 1.82. The van der Waals surface area contributed by atoms with Crippen molar-refractivity contribution in [3.05, 3.63) is 119 Å². The van der Waals surface area contributed by atoms with Crippen LogP contribution in [-0.2, 0) is 13.5 Å². The number of aromatic amines is 1. The van der Waals surface area contributed by atoms with E-state index in [0.717, 1.165) is 22.5 Å². The van der Waals surface area contributed by atoms with Crippen LogP contribution in [0.15, 0.2) is 90.1 Å². The number of anilines is 1. The van der Waals surface area contributed by atoms with E-state index in [1.807, 2.05) is 20.0 Å². The van der Waals surface area contributed by atoms with Gasteiger partial charge in [0.15, 0.2) is 11.6 Å².